The lowest BCUT2D eigenvalue weighted by atomic mass is 9.70. The predicted octanol–water partition coefficient (Wildman–Crippen LogP) is 9.13. The Morgan fingerprint density at radius 3 is 1.64 bits per heavy atom. The fraction of sp³-hybridized carbons (Fsp3) is 0.647. The molecule has 4 aliphatic carbocycles. The Labute approximate surface area is 236 Å². The van der Waals surface area contributed by atoms with Gasteiger partial charge in [-0.3, -0.25) is 9.88 Å². The molecule has 7 atom stereocenters. The van der Waals surface area contributed by atoms with Gasteiger partial charge >= 0.3 is 7.60 Å². The summed E-state index contributed by atoms with van der Waals surface area (Å²) < 4.78 is 29.7. The molecule has 4 saturated carbocycles. The van der Waals surface area contributed by atoms with E-state index in [1.807, 2.05) is 24.3 Å². The van der Waals surface area contributed by atoms with Crippen molar-refractivity contribution in [1.82, 2.24) is 5.32 Å². The number of hydrogen-bond donors (Lipinski definition) is 1. The molecule has 0 heterocycles. The molecule has 1 N–H and O–H groups in total. The van der Waals surface area contributed by atoms with Gasteiger partial charge < -0.3 is 9.05 Å². The summed E-state index contributed by atoms with van der Waals surface area (Å²) in [5.74, 6) is 0.676. The van der Waals surface area contributed by atoms with Crippen LogP contribution in [0.2, 0.25) is 0 Å². The fourth-order valence-corrected chi connectivity index (χ4v) is 11.4. The van der Waals surface area contributed by atoms with Gasteiger partial charge in [-0.15, -0.1) is 0 Å². The summed E-state index contributed by atoms with van der Waals surface area (Å²) in [6.07, 6.45) is 6.51. The van der Waals surface area contributed by atoms with Crippen molar-refractivity contribution in [2.75, 3.05) is 0 Å². The van der Waals surface area contributed by atoms with Crippen molar-refractivity contribution in [3.8, 4) is 0 Å². The Balaban J connectivity index is 1.38. The van der Waals surface area contributed by atoms with E-state index in [1.165, 1.54) is 12.8 Å². The minimum absolute atomic E-state index is 0.00475. The standard InChI is InChI=1S/C34H48NO3P/c1-31(2)26-17-19-33(31,5)28(21-26)37-39(36,38-29-22-27-18-20-34(29,6)32(27,3)4)30(25-15-11-8-12-16-25)35-23-24-13-9-7-10-14-24/h7-16,26-30,35H,17-23H2,1-6H3/t26-,27-,28+,29+,30+,33-,34-/m0/s1. The van der Waals surface area contributed by atoms with E-state index in [9.17, 15) is 0 Å². The molecule has 4 fully saturated rings. The summed E-state index contributed by atoms with van der Waals surface area (Å²) in [6.45, 7) is 14.9. The largest absolute Gasteiger partial charge is 0.352 e. The number of benzene rings is 2. The van der Waals surface area contributed by atoms with Crippen LogP contribution in [0, 0.1) is 33.5 Å². The third kappa shape index (κ3) is 4.23. The van der Waals surface area contributed by atoms with Gasteiger partial charge in [0.15, 0.2) is 0 Å². The van der Waals surface area contributed by atoms with Crippen molar-refractivity contribution >= 4 is 7.60 Å². The Hall–Kier alpha value is -1.45. The highest BCUT2D eigenvalue weighted by molar-refractivity contribution is 7.54. The van der Waals surface area contributed by atoms with Crippen LogP contribution < -0.4 is 5.32 Å². The SMILES string of the molecule is CC1(C)[C@H]2CC[C@@]1(C)[C@H](OP(=O)(O[C@@H]1C[C@@H]3CC[C@]1(C)C3(C)C)[C@@H](NCc1ccccc1)c1ccccc1)C2. The van der Waals surface area contributed by atoms with Crippen LogP contribution in [0.5, 0.6) is 0 Å². The minimum Gasteiger partial charge on any atom is -0.303 e. The van der Waals surface area contributed by atoms with Crippen LogP contribution in [0.25, 0.3) is 0 Å². The molecule has 0 saturated heterocycles. The molecule has 0 unspecified atom stereocenters. The van der Waals surface area contributed by atoms with Gasteiger partial charge in [0, 0.05) is 6.54 Å². The minimum atomic E-state index is -3.66. The summed E-state index contributed by atoms with van der Waals surface area (Å²) >= 11 is 0. The van der Waals surface area contributed by atoms with E-state index >= 15 is 4.57 Å². The maximum absolute atomic E-state index is 15.6. The normalized spacial score (nSPS) is 36.9. The average molecular weight is 550 g/mol. The van der Waals surface area contributed by atoms with Crippen LogP contribution in [-0.4, -0.2) is 12.2 Å². The van der Waals surface area contributed by atoms with Gasteiger partial charge in [-0.2, -0.15) is 0 Å². The summed E-state index contributed by atoms with van der Waals surface area (Å²) in [4.78, 5) is 0. The van der Waals surface area contributed by atoms with Crippen molar-refractivity contribution in [2.45, 2.75) is 105 Å². The smallest absolute Gasteiger partial charge is 0.303 e. The highest BCUT2D eigenvalue weighted by Crippen LogP contribution is 2.74. The lowest BCUT2D eigenvalue weighted by Crippen LogP contribution is -2.40. The molecule has 0 aliphatic heterocycles. The zero-order valence-corrected chi connectivity index (χ0v) is 25.7. The highest BCUT2D eigenvalue weighted by Gasteiger charge is 2.66. The monoisotopic (exact) mass is 549 g/mol. The first-order valence-electron chi connectivity index (χ1n) is 15.2. The summed E-state index contributed by atoms with van der Waals surface area (Å²) in [6, 6.07) is 20.6. The predicted molar refractivity (Wildman–Crippen MR) is 158 cm³/mol. The molecule has 0 amide bonds. The molecule has 4 aliphatic rings. The van der Waals surface area contributed by atoms with Crippen molar-refractivity contribution in [1.29, 1.82) is 0 Å². The first-order valence-corrected chi connectivity index (χ1v) is 16.8. The van der Waals surface area contributed by atoms with E-state index in [0.717, 1.165) is 36.8 Å². The van der Waals surface area contributed by atoms with E-state index in [-0.39, 0.29) is 33.9 Å². The fourth-order valence-electron chi connectivity index (χ4n) is 8.94. The molecule has 6 rings (SSSR count). The molecular formula is C34H48NO3P. The number of rotatable bonds is 9. The summed E-state index contributed by atoms with van der Waals surface area (Å²) in [5.41, 5.74) is 2.46. The number of nitrogens with one attached hydrogen (secondary N) is 1. The third-order valence-electron chi connectivity index (χ3n) is 12.8. The van der Waals surface area contributed by atoms with E-state index in [0.29, 0.717) is 18.4 Å². The second kappa shape index (κ2) is 9.55. The first kappa shape index (κ1) is 27.7. The lowest BCUT2D eigenvalue weighted by molar-refractivity contribution is -0.0174. The van der Waals surface area contributed by atoms with Gasteiger partial charge in [-0.1, -0.05) is 102 Å². The van der Waals surface area contributed by atoms with Gasteiger partial charge in [0.25, 0.3) is 0 Å². The van der Waals surface area contributed by atoms with Crippen LogP contribution in [0.3, 0.4) is 0 Å². The van der Waals surface area contributed by atoms with E-state index in [2.05, 4.69) is 83.3 Å². The van der Waals surface area contributed by atoms with Crippen LogP contribution >= 0.6 is 7.60 Å². The molecule has 2 aromatic carbocycles. The molecule has 4 nitrogen and oxygen atoms in total. The maximum Gasteiger partial charge on any atom is 0.352 e. The maximum atomic E-state index is 15.6. The second-order valence-electron chi connectivity index (χ2n) is 14.6. The molecule has 0 radical (unpaired) electrons. The van der Waals surface area contributed by atoms with E-state index < -0.39 is 13.4 Å². The van der Waals surface area contributed by atoms with Crippen LogP contribution in [0.4, 0.5) is 0 Å². The van der Waals surface area contributed by atoms with Gasteiger partial charge in [0.1, 0.15) is 5.78 Å². The Kier molecular flexibility index (Phi) is 6.78. The quantitative estimate of drug-likeness (QED) is 0.317. The molecule has 0 spiro atoms. The van der Waals surface area contributed by atoms with Gasteiger partial charge in [-0.25, -0.2) is 0 Å². The molecule has 0 aromatic heterocycles. The van der Waals surface area contributed by atoms with Crippen molar-refractivity contribution in [2.24, 2.45) is 33.5 Å². The molecule has 5 heteroatoms. The van der Waals surface area contributed by atoms with Crippen molar-refractivity contribution in [3.63, 3.8) is 0 Å². The number of hydrogen-bond acceptors (Lipinski definition) is 4. The first-order chi connectivity index (χ1) is 18.4. The molecule has 212 valence electrons. The van der Waals surface area contributed by atoms with Gasteiger partial charge in [0.2, 0.25) is 0 Å². The average Bonchev–Trinajstić information content (AvgIpc) is 3.42. The topological polar surface area (TPSA) is 47.6 Å². The van der Waals surface area contributed by atoms with Crippen molar-refractivity contribution in [3.05, 3.63) is 71.8 Å². The Morgan fingerprint density at radius 2 is 1.23 bits per heavy atom. The van der Waals surface area contributed by atoms with Crippen LogP contribution in [0.15, 0.2) is 60.7 Å². The Bertz CT molecular complexity index is 1180. The molecule has 39 heavy (non-hydrogen) atoms. The van der Waals surface area contributed by atoms with Gasteiger partial charge in [0.05, 0.1) is 12.2 Å². The van der Waals surface area contributed by atoms with E-state index in [1.54, 1.807) is 0 Å². The number of fused-ring (bicyclic) bond motifs is 4. The molecule has 2 aromatic rings. The van der Waals surface area contributed by atoms with Crippen LogP contribution in [-0.2, 0) is 20.2 Å². The molecular weight excluding hydrogens is 501 g/mol. The van der Waals surface area contributed by atoms with Crippen LogP contribution in [0.1, 0.15) is 97.0 Å². The second-order valence-corrected chi connectivity index (χ2v) is 16.6. The summed E-state index contributed by atoms with van der Waals surface area (Å²) in [7, 11) is -3.66. The lowest BCUT2D eigenvalue weighted by Gasteiger charge is -2.44. The zero-order chi connectivity index (χ0) is 27.7. The highest BCUT2D eigenvalue weighted by atomic mass is 31.2. The van der Waals surface area contributed by atoms with E-state index in [4.69, 9.17) is 9.05 Å². The Morgan fingerprint density at radius 1 is 0.769 bits per heavy atom. The molecule has 4 bridgehead atoms. The zero-order valence-electron chi connectivity index (χ0n) is 24.8. The third-order valence-corrected chi connectivity index (χ3v) is 15.0. The van der Waals surface area contributed by atoms with Gasteiger partial charge in [-0.05, 0) is 83.1 Å². The van der Waals surface area contributed by atoms with Crippen molar-refractivity contribution < 1.29 is 13.6 Å². The summed E-state index contributed by atoms with van der Waals surface area (Å²) in [5, 5.41) is 3.68.